The van der Waals surface area contributed by atoms with Crippen molar-refractivity contribution in [3.05, 3.63) is 0 Å². The summed E-state index contributed by atoms with van der Waals surface area (Å²) in [5, 5.41) is 18.7. The lowest BCUT2D eigenvalue weighted by molar-refractivity contribution is 0.0236. The molecule has 0 saturated heterocycles. The standard InChI is InChI=1S/C10H22O2/c1-4-6-8(3)10(12)9(5-2)7-11/h8-12H,4-7H2,1-3H3. The van der Waals surface area contributed by atoms with Crippen LogP contribution in [0.15, 0.2) is 0 Å². The fraction of sp³-hybridized carbons (Fsp3) is 1.00. The molecule has 0 fully saturated rings. The van der Waals surface area contributed by atoms with Gasteiger partial charge in [0.05, 0.1) is 6.10 Å². The lowest BCUT2D eigenvalue weighted by Crippen LogP contribution is -2.29. The number of rotatable bonds is 6. The molecule has 2 nitrogen and oxygen atoms in total. The van der Waals surface area contributed by atoms with Crippen LogP contribution in [0.25, 0.3) is 0 Å². The van der Waals surface area contributed by atoms with Crippen LogP contribution in [-0.4, -0.2) is 22.9 Å². The number of aliphatic hydroxyl groups is 2. The van der Waals surface area contributed by atoms with E-state index in [1.54, 1.807) is 0 Å². The highest BCUT2D eigenvalue weighted by molar-refractivity contribution is 4.71. The van der Waals surface area contributed by atoms with E-state index >= 15 is 0 Å². The van der Waals surface area contributed by atoms with Crippen LogP contribution in [0.3, 0.4) is 0 Å². The summed E-state index contributed by atoms with van der Waals surface area (Å²) in [5.74, 6) is 0.374. The SMILES string of the molecule is CCCC(C)C(O)C(CC)CO. The lowest BCUT2D eigenvalue weighted by Gasteiger charge is -2.24. The quantitative estimate of drug-likeness (QED) is 0.644. The third kappa shape index (κ3) is 3.55. The summed E-state index contributed by atoms with van der Waals surface area (Å²) < 4.78 is 0. The minimum Gasteiger partial charge on any atom is -0.396 e. The second-order valence-electron chi connectivity index (χ2n) is 3.61. The summed E-state index contributed by atoms with van der Waals surface area (Å²) in [5.41, 5.74) is 0. The summed E-state index contributed by atoms with van der Waals surface area (Å²) >= 11 is 0. The van der Waals surface area contributed by atoms with E-state index in [9.17, 15) is 5.11 Å². The van der Waals surface area contributed by atoms with Crippen LogP contribution in [0, 0.1) is 11.8 Å². The monoisotopic (exact) mass is 174 g/mol. The number of aliphatic hydroxyl groups excluding tert-OH is 2. The minimum atomic E-state index is -0.333. The van der Waals surface area contributed by atoms with E-state index in [-0.39, 0.29) is 18.6 Å². The highest BCUT2D eigenvalue weighted by atomic mass is 16.3. The predicted molar refractivity (Wildman–Crippen MR) is 50.9 cm³/mol. The molecule has 0 rings (SSSR count). The van der Waals surface area contributed by atoms with Crippen LogP contribution in [0.4, 0.5) is 0 Å². The molecule has 0 aromatic rings. The maximum Gasteiger partial charge on any atom is 0.0615 e. The Bertz CT molecular complexity index is 100. The van der Waals surface area contributed by atoms with Gasteiger partial charge in [-0.1, -0.05) is 27.2 Å². The molecule has 0 amide bonds. The molecule has 0 aromatic carbocycles. The summed E-state index contributed by atoms with van der Waals surface area (Å²) in [6.07, 6.45) is 2.66. The Morgan fingerprint density at radius 3 is 2.17 bits per heavy atom. The average Bonchev–Trinajstić information content (AvgIpc) is 2.07. The molecule has 0 bridgehead atoms. The molecule has 3 unspecified atom stereocenters. The van der Waals surface area contributed by atoms with Gasteiger partial charge < -0.3 is 10.2 Å². The number of hydrogen-bond donors (Lipinski definition) is 2. The summed E-state index contributed by atoms with van der Waals surface area (Å²) in [6, 6.07) is 0. The van der Waals surface area contributed by atoms with E-state index in [1.165, 1.54) is 0 Å². The van der Waals surface area contributed by atoms with Crippen molar-refractivity contribution in [1.82, 2.24) is 0 Å². The van der Waals surface area contributed by atoms with Gasteiger partial charge in [0.1, 0.15) is 0 Å². The second kappa shape index (κ2) is 6.44. The minimum absolute atomic E-state index is 0.0616. The van der Waals surface area contributed by atoms with Gasteiger partial charge in [0.2, 0.25) is 0 Å². The molecule has 0 spiro atoms. The first-order valence-corrected chi connectivity index (χ1v) is 4.96. The van der Waals surface area contributed by atoms with Crippen LogP contribution in [-0.2, 0) is 0 Å². The van der Waals surface area contributed by atoms with E-state index < -0.39 is 0 Å². The van der Waals surface area contributed by atoms with Gasteiger partial charge in [-0.3, -0.25) is 0 Å². The van der Waals surface area contributed by atoms with Gasteiger partial charge in [-0.2, -0.15) is 0 Å². The Labute approximate surface area is 75.6 Å². The fourth-order valence-electron chi connectivity index (χ4n) is 1.57. The molecule has 0 aliphatic heterocycles. The summed E-state index contributed by atoms with van der Waals surface area (Å²) in [6.45, 7) is 6.27. The smallest absolute Gasteiger partial charge is 0.0615 e. The van der Waals surface area contributed by atoms with Crippen molar-refractivity contribution < 1.29 is 10.2 Å². The molecule has 74 valence electrons. The van der Waals surface area contributed by atoms with Crippen molar-refractivity contribution in [1.29, 1.82) is 0 Å². The van der Waals surface area contributed by atoms with E-state index in [4.69, 9.17) is 5.11 Å². The lowest BCUT2D eigenvalue weighted by atomic mass is 9.88. The van der Waals surface area contributed by atoms with Crippen molar-refractivity contribution in [3.8, 4) is 0 Å². The van der Waals surface area contributed by atoms with Gasteiger partial charge in [-0.05, 0) is 18.8 Å². The zero-order valence-electron chi connectivity index (χ0n) is 8.45. The first-order valence-electron chi connectivity index (χ1n) is 4.96. The Kier molecular flexibility index (Phi) is 6.39. The van der Waals surface area contributed by atoms with Crippen molar-refractivity contribution in [3.63, 3.8) is 0 Å². The molecule has 0 saturated carbocycles. The zero-order chi connectivity index (χ0) is 9.56. The molecule has 0 aliphatic rings. The van der Waals surface area contributed by atoms with E-state index in [1.807, 2.05) is 13.8 Å². The van der Waals surface area contributed by atoms with Crippen molar-refractivity contribution in [2.75, 3.05) is 6.61 Å². The first kappa shape index (κ1) is 11.9. The Hall–Kier alpha value is -0.0800. The Balaban J connectivity index is 3.87. The van der Waals surface area contributed by atoms with Crippen LogP contribution < -0.4 is 0 Å². The van der Waals surface area contributed by atoms with Crippen molar-refractivity contribution in [2.45, 2.75) is 46.1 Å². The summed E-state index contributed by atoms with van der Waals surface area (Å²) in [4.78, 5) is 0. The third-order valence-electron chi connectivity index (χ3n) is 2.57. The first-order chi connectivity index (χ1) is 5.67. The number of hydrogen-bond acceptors (Lipinski definition) is 2. The normalized spacial score (nSPS) is 18.8. The van der Waals surface area contributed by atoms with E-state index in [0.717, 1.165) is 19.3 Å². The molecule has 0 radical (unpaired) electrons. The van der Waals surface area contributed by atoms with Gasteiger partial charge in [0.15, 0.2) is 0 Å². The molecule has 0 aromatic heterocycles. The van der Waals surface area contributed by atoms with E-state index in [2.05, 4.69) is 6.92 Å². The topological polar surface area (TPSA) is 40.5 Å². The van der Waals surface area contributed by atoms with Gasteiger partial charge >= 0.3 is 0 Å². The molecule has 12 heavy (non-hydrogen) atoms. The molecule has 0 heterocycles. The van der Waals surface area contributed by atoms with Crippen LogP contribution >= 0.6 is 0 Å². The van der Waals surface area contributed by atoms with Gasteiger partial charge in [0, 0.05) is 12.5 Å². The predicted octanol–water partition coefficient (Wildman–Crippen LogP) is 1.80. The van der Waals surface area contributed by atoms with Crippen LogP contribution in [0.2, 0.25) is 0 Å². The Morgan fingerprint density at radius 2 is 1.83 bits per heavy atom. The zero-order valence-corrected chi connectivity index (χ0v) is 8.45. The second-order valence-corrected chi connectivity index (χ2v) is 3.61. The van der Waals surface area contributed by atoms with Gasteiger partial charge in [0.25, 0.3) is 0 Å². The molecular formula is C10H22O2. The van der Waals surface area contributed by atoms with Gasteiger partial charge in [-0.25, -0.2) is 0 Å². The highest BCUT2D eigenvalue weighted by Crippen LogP contribution is 2.19. The molecular weight excluding hydrogens is 152 g/mol. The van der Waals surface area contributed by atoms with E-state index in [0.29, 0.717) is 5.92 Å². The van der Waals surface area contributed by atoms with Crippen molar-refractivity contribution >= 4 is 0 Å². The molecule has 0 aliphatic carbocycles. The molecule has 3 atom stereocenters. The van der Waals surface area contributed by atoms with Gasteiger partial charge in [-0.15, -0.1) is 0 Å². The maximum atomic E-state index is 9.75. The van der Waals surface area contributed by atoms with Crippen LogP contribution in [0.1, 0.15) is 40.0 Å². The van der Waals surface area contributed by atoms with Crippen LogP contribution in [0.5, 0.6) is 0 Å². The Morgan fingerprint density at radius 1 is 1.25 bits per heavy atom. The largest absolute Gasteiger partial charge is 0.396 e. The van der Waals surface area contributed by atoms with Crippen molar-refractivity contribution in [2.24, 2.45) is 11.8 Å². The molecule has 2 heteroatoms. The maximum absolute atomic E-state index is 9.75. The molecule has 2 N–H and O–H groups in total. The average molecular weight is 174 g/mol. The third-order valence-corrected chi connectivity index (χ3v) is 2.57. The summed E-state index contributed by atoms with van der Waals surface area (Å²) in [7, 11) is 0. The highest BCUT2D eigenvalue weighted by Gasteiger charge is 2.21. The fourth-order valence-corrected chi connectivity index (χ4v) is 1.57.